The minimum Gasteiger partial charge on any atom is -0.493 e. The first-order valence-corrected chi connectivity index (χ1v) is 10.3. The summed E-state index contributed by atoms with van der Waals surface area (Å²) in [5, 5.41) is 0. The monoisotopic (exact) mass is 468 g/mol. The lowest BCUT2D eigenvalue weighted by molar-refractivity contribution is -0.265. The Morgan fingerprint density at radius 2 is 1.55 bits per heavy atom. The van der Waals surface area contributed by atoms with Crippen molar-refractivity contribution in [2.75, 3.05) is 27.9 Å². The van der Waals surface area contributed by atoms with Crippen LogP contribution in [-0.4, -0.2) is 70.3 Å². The molecule has 0 aliphatic carbocycles. The Morgan fingerprint density at radius 1 is 0.909 bits per heavy atom. The van der Waals surface area contributed by atoms with Crippen molar-refractivity contribution >= 4 is 17.9 Å². The van der Waals surface area contributed by atoms with E-state index in [1.165, 1.54) is 42.1 Å². The maximum Gasteiger partial charge on any atom is 0.303 e. The van der Waals surface area contributed by atoms with E-state index in [4.69, 9.17) is 37.9 Å². The van der Waals surface area contributed by atoms with Crippen LogP contribution < -0.4 is 14.2 Å². The molecule has 0 bridgehead atoms. The van der Waals surface area contributed by atoms with Gasteiger partial charge in [-0.3, -0.25) is 14.4 Å². The molecule has 5 atom stereocenters. The summed E-state index contributed by atoms with van der Waals surface area (Å²) in [6.45, 7) is 3.59. The van der Waals surface area contributed by atoms with Gasteiger partial charge in [-0.2, -0.15) is 0 Å². The smallest absolute Gasteiger partial charge is 0.303 e. The molecule has 11 heteroatoms. The first-order valence-electron chi connectivity index (χ1n) is 10.3. The Bertz CT molecular complexity index is 912. The molecule has 1 fully saturated rings. The normalized spacial score (nSPS) is 25.7. The van der Waals surface area contributed by atoms with Crippen LogP contribution in [0.2, 0.25) is 0 Å². The van der Waals surface area contributed by atoms with E-state index in [9.17, 15) is 14.4 Å². The number of benzene rings is 1. The lowest BCUT2D eigenvalue weighted by Crippen LogP contribution is -2.60. The topological polar surface area (TPSA) is 125 Å². The number of fused-ring (bicyclic) bond motifs is 3. The van der Waals surface area contributed by atoms with E-state index in [2.05, 4.69) is 0 Å². The van der Waals surface area contributed by atoms with Gasteiger partial charge in [-0.25, -0.2) is 0 Å². The number of ether oxygens (including phenoxy) is 8. The van der Waals surface area contributed by atoms with Crippen molar-refractivity contribution < 1.29 is 52.3 Å². The second-order valence-corrected chi connectivity index (χ2v) is 7.54. The van der Waals surface area contributed by atoms with E-state index < -0.39 is 48.4 Å². The molecule has 2 heterocycles. The maximum absolute atomic E-state index is 11.9. The highest BCUT2D eigenvalue weighted by molar-refractivity contribution is 5.68. The van der Waals surface area contributed by atoms with E-state index >= 15 is 0 Å². The van der Waals surface area contributed by atoms with Crippen LogP contribution in [0.5, 0.6) is 17.2 Å². The molecule has 182 valence electrons. The first kappa shape index (κ1) is 24.6. The summed E-state index contributed by atoms with van der Waals surface area (Å²) in [6.07, 6.45) is -4.71. The standard InChI is InChI=1S/C22H28O11/c1-10(23)29-9-15-18(31-11(2)24)22(32-12(3)25)21-20(33-15)16-13(8-30-21)7-14(26-4)17(27-5)19(16)28-6/h7,15,18,20-22H,8-9H2,1-6H3/t15-,18-,20+,21+,22+/m1/s1. The van der Waals surface area contributed by atoms with Crippen LogP contribution in [0.3, 0.4) is 0 Å². The number of hydrogen-bond donors (Lipinski definition) is 0. The molecule has 3 rings (SSSR count). The largest absolute Gasteiger partial charge is 0.493 e. The maximum atomic E-state index is 11.9. The molecule has 0 N–H and O–H groups in total. The van der Waals surface area contributed by atoms with Crippen molar-refractivity contribution in [2.24, 2.45) is 0 Å². The predicted octanol–water partition coefficient (Wildman–Crippen LogP) is 1.48. The van der Waals surface area contributed by atoms with Gasteiger partial charge in [-0.05, 0) is 11.6 Å². The van der Waals surface area contributed by atoms with E-state index in [0.717, 1.165) is 0 Å². The first-order chi connectivity index (χ1) is 15.7. The molecule has 11 nitrogen and oxygen atoms in total. The highest BCUT2D eigenvalue weighted by Gasteiger charge is 2.54. The summed E-state index contributed by atoms with van der Waals surface area (Å²) in [5.41, 5.74) is 1.32. The number of hydrogen-bond acceptors (Lipinski definition) is 11. The highest BCUT2D eigenvalue weighted by atomic mass is 16.6. The fourth-order valence-electron chi connectivity index (χ4n) is 4.17. The van der Waals surface area contributed by atoms with Gasteiger partial charge >= 0.3 is 17.9 Å². The van der Waals surface area contributed by atoms with Crippen molar-refractivity contribution in [3.8, 4) is 17.2 Å². The zero-order valence-corrected chi connectivity index (χ0v) is 19.4. The molecule has 33 heavy (non-hydrogen) atoms. The zero-order valence-electron chi connectivity index (χ0n) is 19.4. The number of esters is 3. The SMILES string of the molecule is COc1cc2c(c(OC)c1OC)[C@@H]1O[C@H](COC(C)=O)[C@@H](OC(C)=O)[C@H](OC(C)=O)[C@H]1OC2. The van der Waals surface area contributed by atoms with Gasteiger partial charge in [0.25, 0.3) is 0 Å². The number of carbonyl (C=O) groups is 3. The van der Waals surface area contributed by atoms with Gasteiger partial charge in [-0.15, -0.1) is 0 Å². The van der Waals surface area contributed by atoms with Gasteiger partial charge in [0.15, 0.2) is 23.7 Å². The third kappa shape index (κ3) is 4.98. The van der Waals surface area contributed by atoms with Gasteiger partial charge in [0, 0.05) is 26.3 Å². The Kier molecular flexibility index (Phi) is 7.65. The van der Waals surface area contributed by atoms with Crippen LogP contribution in [0.1, 0.15) is 38.0 Å². The van der Waals surface area contributed by atoms with Gasteiger partial charge in [0.1, 0.15) is 24.9 Å². The number of carbonyl (C=O) groups excluding carboxylic acids is 3. The molecule has 2 aliphatic heterocycles. The Morgan fingerprint density at radius 3 is 2.09 bits per heavy atom. The Balaban J connectivity index is 2.12. The second-order valence-electron chi connectivity index (χ2n) is 7.54. The average molecular weight is 468 g/mol. The lowest BCUT2D eigenvalue weighted by Gasteiger charge is -2.47. The van der Waals surface area contributed by atoms with Crippen LogP contribution in [0.4, 0.5) is 0 Å². The summed E-state index contributed by atoms with van der Waals surface area (Å²) in [5.74, 6) is -0.605. The molecule has 1 aromatic carbocycles. The molecule has 0 unspecified atom stereocenters. The Hall–Kier alpha value is -3.05. The second kappa shape index (κ2) is 10.3. The average Bonchev–Trinajstić information content (AvgIpc) is 2.76. The quantitative estimate of drug-likeness (QED) is 0.427. The van der Waals surface area contributed by atoms with Crippen LogP contribution in [0.15, 0.2) is 6.07 Å². The molecule has 0 saturated carbocycles. The number of rotatable bonds is 7. The third-order valence-corrected chi connectivity index (χ3v) is 5.36. The highest BCUT2D eigenvalue weighted by Crippen LogP contribution is 2.51. The molecule has 0 radical (unpaired) electrons. The van der Waals surface area contributed by atoms with Crippen molar-refractivity contribution in [2.45, 2.75) is 57.9 Å². The van der Waals surface area contributed by atoms with Crippen molar-refractivity contribution in [1.29, 1.82) is 0 Å². The van der Waals surface area contributed by atoms with E-state index in [0.29, 0.717) is 28.4 Å². The molecular formula is C22H28O11. The van der Waals surface area contributed by atoms with Gasteiger partial charge < -0.3 is 37.9 Å². The van der Waals surface area contributed by atoms with E-state index in [1.54, 1.807) is 6.07 Å². The minimum atomic E-state index is -1.07. The van der Waals surface area contributed by atoms with Crippen molar-refractivity contribution in [3.63, 3.8) is 0 Å². The van der Waals surface area contributed by atoms with Crippen molar-refractivity contribution in [1.82, 2.24) is 0 Å². The predicted molar refractivity (Wildman–Crippen MR) is 110 cm³/mol. The fraction of sp³-hybridized carbons (Fsp3) is 0.591. The Labute approximate surface area is 191 Å². The van der Waals surface area contributed by atoms with Gasteiger partial charge in [-0.1, -0.05) is 0 Å². The molecule has 1 saturated heterocycles. The molecular weight excluding hydrogens is 440 g/mol. The van der Waals surface area contributed by atoms with E-state index in [1.807, 2.05) is 0 Å². The van der Waals surface area contributed by atoms with Crippen LogP contribution >= 0.6 is 0 Å². The van der Waals surface area contributed by atoms with E-state index in [-0.39, 0.29) is 13.2 Å². The molecule has 0 amide bonds. The summed E-state index contributed by atoms with van der Waals surface area (Å²) >= 11 is 0. The van der Waals surface area contributed by atoms with Gasteiger partial charge in [0.2, 0.25) is 5.75 Å². The summed E-state index contributed by atoms with van der Waals surface area (Å²) < 4.78 is 45.0. The molecule has 2 aliphatic rings. The summed E-state index contributed by atoms with van der Waals surface area (Å²) in [7, 11) is 4.46. The molecule has 0 aromatic heterocycles. The van der Waals surface area contributed by atoms with Crippen LogP contribution in [0.25, 0.3) is 0 Å². The fourth-order valence-corrected chi connectivity index (χ4v) is 4.17. The number of methoxy groups -OCH3 is 3. The van der Waals surface area contributed by atoms with Crippen molar-refractivity contribution in [3.05, 3.63) is 17.2 Å². The molecule has 0 spiro atoms. The minimum absolute atomic E-state index is 0.121. The summed E-state index contributed by atoms with van der Waals surface area (Å²) in [6, 6.07) is 1.75. The zero-order chi connectivity index (χ0) is 24.3. The third-order valence-electron chi connectivity index (χ3n) is 5.36. The summed E-state index contributed by atoms with van der Waals surface area (Å²) in [4.78, 5) is 35.2. The molecule has 1 aromatic rings. The van der Waals surface area contributed by atoms with Crippen LogP contribution in [0, 0.1) is 0 Å². The lowest BCUT2D eigenvalue weighted by atomic mass is 9.86. The van der Waals surface area contributed by atoms with Crippen LogP contribution in [-0.2, 0) is 44.7 Å². The van der Waals surface area contributed by atoms with Gasteiger partial charge in [0.05, 0.1) is 27.9 Å².